The van der Waals surface area contributed by atoms with Crippen LogP contribution in [0.2, 0.25) is 0 Å². The smallest absolute Gasteiger partial charge is 0.338 e. The van der Waals surface area contributed by atoms with E-state index in [2.05, 4.69) is 4.74 Å². The highest BCUT2D eigenvalue weighted by atomic mass is 16.7. The molecule has 0 aromatic carbocycles. The molecule has 11 heteroatoms. The molecule has 0 radical (unpaired) electrons. The zero-order chi connectivity index (χ0) is 17.3. The Kier molecular flexibility index (Phi) is 5.89. The normalized spacial score (nSPS) is 48.1. The zero-order valence-corrected chi connectivity index (χ0v) is 11.9. The van der Waals surface area contributed by atoms with E-state index < -0.39 is 74.3 Å². The maximum atomic E-state index is 11.3. The Hall–Kier alpha value is -0.890. The van der Waals surface area contributed by atoms with Crippen molar-refractivity contribution < 1.29 is 54.8 Å². The summed E-state index contributed by atoms with van der Waals surface area (Å²) < 4.78 is 15.0. The van der Waals surface area contributed by atoms with Crippen molar-refractivity contribution in [3.8, 4) is 0 Å². The van der Waals surface area contributed by atoms with E-state index in [0.29, 0.717) is 0 Å². The topological polar surface area (TPSA) is 186 Å². The fraction of sp³-hybridized carbons (Fsp3) is 0.917. The number of carbonyl (C=O) groups excluding carboxylic acids is 1. The van der Waals surface area contributed by atoms with Crippen LogP contribution in [0, 0.1) is 0 Å². The summed E-state index contributed by atoms with van der Waals surface area (Å²) in [7, 11) is 0. The van der Waals surface area contributed by atoms with Gasteiger partial charge in [-0.05, 0) is 0 Å². The van der Waals surface area contributed by atoms with Crippen LogP contribution in [0.3, 0.4) is 0 Å². The molecule has 2 heterocycles. The molecule has 2 saturated heterocycles. The molecule has 7 N–H and O–H groups in total. The molecular weight excluding hydrogens is 320 g/mol. The van der Waals surface area contributed by atoms with Gasteiger partial charge in [0.1, 0.15) is 36.6 Å². The lowest BCUT2D eigenvalue weighted by molar-refractivity contribution is -0.331. The lowest BCUT2D eigenvalue weighted by Gasteiger charge is -2.43. The van der Waals surface area contributed by atoms with Crippen molar-refractivity contribution in [2.75, 3.05) is 13.2 Å². The minimum atomic E-state index is -1.92. The van der Waals surface area contributed by atoms with Crippen LogP contribution in [0.4, 0.5) is 0 Å². The molecule has 2 rings (SSSR count). The monoisotopic (exact) mass is 340 g/mol. The van der Waals surface area contributed by atoms with Gasteiger partial charge in [0, 0.05) is 0 Å². The quantitative estimate of drug-likeness (QED) is 0.242. The number of rotatable bonds is 4. The third kappa shape index (κ3) is 3.47. The minimum absolute atomic E-state index is 0.681. The van der Waals surface area contributed by atoms with Crippen LogP contribution in [0.1, 0.15) is 0 Å². The third-order valence-corrected chi connectivity index (χ3v) is 3.86. The van der Waals surface area contributed by atoms with Gasteiger partial charge in [-0.15, -0.1) is 0 Å². The van der Waals surface area contributed by atoms with Crippen LogP contribution in [-0.2, 0) is 19.0 Å². The molecule has 0 saturated carbocycles. The summed E-state index contributed by atoms with van der Waals surface area (Å²) in [6.45, 7) is -1.42. The standard InChI is InChI=1S/C12H20O11/c13-1-3-5(15)6(16)9(19)12(22-3)23-10-4(2-14)21-11(20)8(18)7(10)17/h3-10,12-19H,1-2H2/t3-,4-,5-,6+,7-,8+,9+,10-,12+/m1/s1. The van der Waals surface area contributed by atoms with Crippen molar-refractivity contribution in [3.63, 3.8) is 0 Å². The van der Waals surface area contributed by atoms with Crippen LogP contribution >= 0.6 is 0 Å². The summed E-state index contributed by atoms with van der Waals surface area (Å²) >= 11 is 0. The lowest BCUT2D eigenvalue weighted by atomic mass is 9.97. The SMILES string of the molecule is O=C1O[C@H](CO)[C@@H](O[C@@H]2O[C@H](CO)[C@@H](O)[C@H](O)[C@@H]2O)[C@H](O)[C@@H]1O. The van der Waals surface area contributed by atoms with Gasteiger partial charge in [0.25, 0.3) is 0 Å². The second-order valence-corrected chi connectivity index (χ2v) is 5.39. The lowest BCUT2D eigenvalue weighted by Crippen LogP contribution is -2.63. The Morgan fingerprint density at radius 2 is 1.48 bits per heavy atom. The Bertz CT molecular complexity index is 414. The molecule has 0 spiro atoms. The number of esters is 1. The molecule has 2 aliphatic rings. The van der Waals surface area contributed by atoms with Gasteiger partial charge in [0.05, 0.1) is 13.2 Å². The highest BCUT2D eigenvalue weighted by molar-refractivity contribution is 5.76. The second kappa shape index (κ2) is 7.34. The molecular formula is C12H20O11. The highest BCUT2D eigenvalue weighted by Gasteiger charge is 2.50. The number of hydrogen-bond donors (Lipinski definition) is 7. The average Bonchev–Trinajstić information content (AvgIpc) is 2.55. The van der Waals surface area contributed by atoms with E-state index >= 15 is 0 Å². The van der Waals surface area contributed by atoms with Gasteiger partial charge in [0.15, 0.2) is 18.5 Å². The van der Waals surface area contributed by atoms with Crippen LogP contribution < -0.4 is 0 Å². The minimum Gasteiger partial charge on any atom is -0.455 e. The molecule has 0 aromatic heterocycles. The van der Waals surface area contributed by atoms with Gasteiger partial charge < -0.3 is 50.0 Å². The van der Waals surface area contributed by atoms with E-state index in [1.165, 1.54) is 0 Å². The second-order valence-electron chi connectivity index (χ2n) is 5.39. The van der Waals surface area contributed by atoms with E-state index in [4.69, 9.17) is 14.6 Å². The largest absolute Gasteiger partial charge is 0.455 e. The Morgan fingerprint density at radius 1 is 0.870 bits per heavy atom. The first kappa shape index (κ1) is 18.4. The molecule has 0 amide bonds. The van der Waals surface area contributed by atoms with Crippen molar-refractivity contribution in [1.82, 2.24) is 0 Å². The Balaban J connectivity index is 2.13. The number of aliphatic hydroxyl groups is 7. The zero-order valence-electron chi connectivity index (χ0n) is 11.9. The van der Waals surface area contributed by atoms with E-state index in [0.717, 1.165) is 0 Å². The van der Waals surface area contributed by atoms with Crippen molar-refractivity contribution in [2.24, 2.45) is 0 Å². The summed E-state index contributed by atoms with van der Waals surface area (Å²) in [6, 6.07) is 0. The molecule has 0 aromatic rings. The summed E-state index contributed by atoms with van der Waals surface area (Å²) in [5.41, 5.74) is 0. The predicted octanol–water partition coefficient (Wildman–Crippen LogP) is -5.19. The number of aliphatic hydroxyl groups excluding tert-OH is 7. The van der Waals surface area contributed by atoms with Gasteiger partial charge in [-0.3, -0.25) is 0 Å². The Labute approximate surface area is 130 Å². The van der Waals surface area contributed by atoms with E-state index in [1.807, 2.05) is 0 Å². The van der Waals surface area contributed by atoms with E-state index in [1.54, 1.807) is 0 Å². The molecule has 0 unspecified atom stereocenters. The van der Waals surface area contributed by atoms with Crippen LogP contribution in [0.25, 0.3) is 0 Å². The summed E-state index contributed by atoms with van der Waals surface area (Å²) in [5.74, 6) is -1.15. The fourth-order valence-electron chi connectivity index (χ4n) is 2.47. The maximum absolute atomic E-state index is 11.3. The summed E-state index contributed by atoms with van der Waals surface area (Å²) in [4.78, 5) is 11.3. The van der Waals surface area contributed by atoms with Crippen LogP contribution in [-0.4, -0.2) is 110 Å². The van der Waals surface area contributed by atoms with E-state index in [-0.39, 0.29) is 0 Å². The number of hydrogen-bond acceptors (Lipinski definition) is 11. The molecule has 2 aliphatic heterocycles. The molecule has 9 atom stereocenters. The molecule has 2 fully saturated rings. The first-order valence-corrected chi connectivity index (χ1v) is 6.95. The maximum Gasteiger partial charge on any atom is 0.338 e. The van der Waals surface area contributed by atoms with E-state index in [9.17, 15) is 35.4 Å². The first-order valence-electron chi connectivity index (χ1n) is 6.95. The van der Waals surface area contributed by atoms with Crippen LogP contribution in [0.15, 0.2) is 0 Å². The Morgan fingerprint density at radius 3 is 2.04 bits per heavy atom. The fourth-order valence-corrected chi connectivity index (χ4v) is 2.47. The summed E-state index contributed by atoms with van der Waals surface area (Å²) in [6.07, 6.45) is -14.4. The molecule has 11 nitrogen and oxygen atoms in total. The number of carbonyl (C=O) groups is 1. The third-order valence-electron chi connectivity index (χ3n) is 3.86. The average molecular weight is 340 g/mol. The van der Waals surface area contributed by atoms with Crippen molar-refractivity contribution in [2.45, 2.75) is 55.1 Å². The van der Waals surface area contributed by atoms with Gasteiger partial charge in [-0.1, -0.05) is 0 Å². The van der Waals surface area contributed by atoms with Crippen molar-refractivity contribution in [3.05, 3.63) is 0 Å². The number of cyclic esters (lactones) is 1. The van der Waals surface area contributed by atoms with Gasteiger partial charge in [0.2, 0.25) is 0 Å². The molecule has 0 bridgehead atoms. The van der Waals surface area contributed by atoms with Gasteiger partial charge in [-0.25, -0.2) is 4.79 Å². The molecule has 23 heavy (non-hydrogen) atoms. The number of ether oxygens (including phenoxy) is 3. The molecule has 0 aliphatic carbocycles. The highest BCUT2D eigenvalue weighted by Crippen LogP contribution is 2.27. The van der Waals surface area contributed by atoms with Gasteiger partial charge in [-0.2, -0.15) is 0 Å². The van der Waals surface area contributed by atoms with Crippen LogP contribution in [0.5, 0.6) is 0 Å². The molecule has 134 valence electrons. The van der Waals surface area contributed by atoms with Crippen molar-refractivity contribution in [1.29, 1.82) is 0 Å². The van der Waals surface area contributed by atoms with Crippen molar-refractivity contribution >= 4 is 5.97 Å². The first-order chi connectivity index (χ1) is 10.8. The van der Waals surface area contributed by atoms with Gasteiger partial charge >= 0.3 is 5.97 Å². The predicted molar refractivity (Wildman–Crippen MR) is 67.6 cm³/mol. The summed E-state index contributed by atoms with van der Waals surface area (Å²) in [5, 5.41) is 66.8.